The van der Waals surface area contributed by atoms with Gasteiger partial charge in [0.25, 0.3) is 5.91 Å². The monoisotopic (exact) mass is 362 g/mol. The minimum atomic E-state index is -0.195. The van der Waals surface area contributed by atoms with Crippen molar-refractivity contribution in [1.82, 2.24) is 20.4 Å². The number of rotatable bonds is 6. The van der Waals surface area contributed by atoms with E-state index >= 15 is 0 Å². The molecule has 1 amide bonds. The molecule has 1 aromatic heterocycles. The number of nitrogens with one attached hydrogen (secondary N) is 2. The van der Waals surface area contributed by atoms with Crippen LogP contribution in [-0.2, 0) is 6.54 Å². The van der Waals surface area contributed by atoms with E-state index in [4.69, 9.17) is 16.3 Å². The van der Waals surface area contributed by atoms with E-state index in [1.807, 2.05) is 23.9 Å². The summed E-state index contributed by atoms with van der Waals surface area (Å²) in [5, 5.41) is 11.3. The topological polar surface area (TPSA) is 68.2 Å². The van der Waals surface area contributed by atoms with Crippen LogP contribution in [0.25, 0.3) is 0 Å². The molecule has 2 N–H and O–H groups in total. The molecule has 0 saturated carbocycles. The highest BCUT2D eigenvalue weighted by molar-refractivity contribution is 6.30. The van der Waals surface area contributed by atoms with Crippen LogP contribution < -0.4 is 15.4 Å². The van der Waals surface area contributed by atoms with E-state index in [-0.39, 0.29) is 5.91 Å². The normalized spacial score (nSPS) is 17.3. The maximum Gasteiger partial charge on any atom is 0.272 e. The van der Waals surface area contributed by atoms with Crippen molar-refractivity contribution >= 4 is 17.5 Å². The molecule has 1 atom stereocenters. The van der Waals surface area contributed by atoms with Crippen molar-refractivity contribution in [3.05, 3.63) is 46.7 Å². The standard InChI is InChI=1S/C18H23ClN4O2/c1-2-25-17-10-14(19)6-5-13(17)11-21-18(24)16-7-9-23(22-16)15-4-3-8-20-12-15/h5-7,9-10,15,20H,2-4,8,11-12H2,1H3,(H,21,24). The quantitative estimate of drug-likeness (QED) is 0.829. The molecule has 1 aliphatic heterocycles. The lowest BCUT2D eigenvalue weighted by molar-refractivity contribution is 0.0944. The highest BCUT2D eigenvalue weighted by atomic mass is 35.5. The van der Waals surface area contributed by atoms with Crippen LogP contribution in [0, 0.1) is 0 Å². The van der Waals surface area contributed by atoms with E-state index in [2.05, 4.69) is 15.7 Å². The van der Waals surface area contributed by atoms with E-state index in [0.29, 0.717) is 35.7 Å². The number of piperidine rings is 1. The van der Waals surface area contributed by atoms with Gasteiger partial charge in [0.05, 0.1) is 12.6 Å². The molecule has 1 fully saturated rings. The molecule has 0 bridgehead atoms. The van der Waals surface area contributed by atoms with Crippen LogP contribution >= 0.6 is 11.6 Å². The van der Waals surface area contributed by atoms with Crippen molar-refractivity contribution < 1.29 is 9.53 Å². The fourth-order valence-corrected chi connectivity index (χ4v) is 3.11. The second kappa shape index (κ2) is 8.36. The number of ether oxygens (including phenoxy) is 1. The van der Waals surface area contributed by atoms with Gasteiger partial charge in [0, 0.05) is 29.9 Å². The summed E-state index contributed by atoms with van der Waals surface area (Å²) in [4.78, 5) is 12.4. The number of halogens is 1. The Labute approximate surface area is 152 Å². The highest BCUT2D eigenvalue weighted by Gasteiger charge is 2.18. The van der Waals surface area contributed by atoms with E-state index in [9.17, 15) is 4.79 Å². The first-order valence-electron chi connectivity index (χ1n) is 8.62. The van der Waals surface area contributed by atoms with Gasteiger partial charge in [-0.15, -0.1) is 0 Å². The van der Waals surface area contributed by atoms with Gasteiger partial charge >= 0.3 is 0 Å². The number of hydrogen-bond donors (Lipinski definition) is 2. The number of carbonyl (C=O) groups excluding carboxylic acids is 1. The summed E-state index contributed by atoms with van der Waals surface area (Å²) in [7, 11) is 0. The third-order valence-corrected chi connectivity index (χ3v) is 4.49. The van der Waals surface area contributed by atoms with Crippen molar-refractivity contribution in [3.63, 3.8) is 0 Å². The lowest BCUT2D eigenvalue weighted by Crippen LogP contribution is -2.32. The average molecular weight is 363 g/mol. The molecule has 25 heavy (non-hydrogen) atoms. The second-order valence-electron chi connectivity index (χ2n) is 6.05. The van der Waals surface area contributed by atoms with Gasteiger partial charge in [-0.1, -0.05) is 17.7 Å². The van der Waals surface area contributed by atoms with Crippen LogP contribution in [0.15, 0.2) is 30.5 Å². The van der Waals surface area contributed by atoms with Gasteiger partial charge in [0.2, 0.25) is 0 Å². The number of aromatic nitrogens is 2. The van der Waals surface area contributed by atoms with E-state index in [1.54, 1.807) is 18.2 Å². The molecule has 0 spiro atoms. The first-order chi connectivity index (χ1) is 12.2. The summed E-state index contributed by atoms with van der Waals surface area (Å²) >= 11 is 6.00. The SMILES string of the molecule is CCOc1cc(Cl)ccc1CNC(=O)c1ccn(C2CCCNC2)n1. The molecule has 1 aromatic carbocycles. The number of carbonyl (C=O) groups is 1. The molecule has 0 aliphatic carbocycles. The van der Waals surface area contributed by atoms with Crippen molar-refractivity contribution in [2.24, 2.45) is 0 Å². The number of benzene rings is 1. The largest absolute Gasteiger partial charge is 0.493 e. The van der Waals surface area contributed by atoms with Crippen LogP contribution in [0.2, 0.25) is 5.02 Å². The second-order valence-corrected chi connectivity index (χ2v) is 6.49. The predicted molar refractivity (Wildman–Crippen MR) is 97.2 cm³/mol. The zero-order valence-electron chi connectivity index (χ0n) is 14.3. The molecule has 2 aromatic rings. The maximum absolute atomic E-state index is 12.4. The summed E-state index contributed by atoms with van der Waals surface area (Å²) in [6, 6.07) is 7.49. The molecular weight excluding hydrogens is 340 g/mol. The molecule has 6 nitrogen and oxygen atoms in total. The molecule has 3 rings (SSSR count). The minimum absolute atomic E-state index is 0.195. The van der Waals surface area contributed by atoms with Crippen molar-refractivity contribution in [1.29, 1.82) is 0 Å². The zero-order valence-corrected chi connectivity index (χ0v) is 15.1. The fraction of sp³-hybridized carbons (Fsp3) is 0.444. The van der Waals surface area contributed by atoms with Gasteiger partial charge < -0.3 is 15.4 Å². The lowest BCUT2D eigenvalue weighted by Gasteiger charge is -2.22. The molecule has 7 heteroatoms. The summed E-state index contributed by atoms with van der Waals surface area (Å²) in [5.41, 5.74) is 1.31. The van der Waals surface area contributed by atoms with Crippen LogP contribution in [0.5, 0.6) is 5.75 Å². The number of amides is 1. The molecule has 2 heterocycles. The van der Waals surface area contributed by atoms with E-state index in [1.165, 1.54) is 0 Å². The summed E-state index contributed by atoms with van der Waals surface area (Å²) in [6.07, 6.45) is 4.08. The van der Waals surface area contributed by atoms with Crippen LogP contribution in [0.4, 0.5) is 0 Å². The van der Waals surface area contributed by atoms with Crippen LogP contribution in [-0.4, -0.2) is 35.4 Å². The first-order valence-corrected chi connectivity index (χ1v) is 9.00. The fourth-order valence-electron chi connectivity index (χ4n) is 2.95. The summed E-state index contributed by atoms with van der Waals surface area (Å²) in [6.45, 7) is 4.76. The predicted octanol–water partition coefficient (Wildman–Crippen LogP) is 2.79. The lowest BCUT2D eigenvalue weighted by atomic mass is 10.1. The Hall–Kier alpha value is -2.05. The smallest absolute Gasteiger partial charge is 0.272 e. The first kappa shape index (κ1) is 17.8. The van der Waals surface area contributed by atoms with E-state index in [0.717, 1.165) is 31.5 Å². The van der Waals surface area contributed by atoms with Crippen LogP contribution in [0.1, 0.15) is 41.9 Å². The third kappa shape index (κ3) is 4.52. The molecule has 1 saturated heterocycles. The molecule has 1 unspecified atom stereocenters. The minimum Gasteiger partial charge on any atom is -0.493 e. The van der Waals surface area contributed by atoms with Gasteiger partial charge in [0.1, 0.15) is 11.4 Å². The van der Waals surface area contributed by atoms with Gasteiger partial charge in [-0.25, -0.2) is 0 Å². The molecule has 0 radical (unpaired) electrons. The van der Waals surface area contributed by atoms with Gasteiger partial charge in [-0.2, -0.15) is 5.10 Å². The Balaban J connectivity index is 1.62. The van der Waals surface area contributed by atoms with Crippen molar-refractivity contribution in [2.75, 3.05) is 19.7 Å². The summed E-state index contributed by atoms with van der Waals surface area (Å²) < 4.78 is 7.46. The Kier molecular flexibility index (Phi) is 5.94. The summed E-state index contributed by atoms with van der Waals surface area (Å²) in [5.74, 6) is 0.494. The number of nitrogens with zero attached hydrogens (tertiary/aromatic N) is 2. The third-order valence-electron chi connectivity index (χ3n) is 4.25. The zero-order chi connectivity index (χ0) is 17.6. The highest BCUT2D eigenvalue weighted by Crippen LogP contribution is 2.23. The Morgan fingerprint density at radius 3 is 3.12 bits per heavy atom. The Morgan fingerprint density at radius 1 is 1.48 bits per heavy atom. The van der Waals surface area contributed by atoms with Crippen molar-refractivity contribution in [3.8, 4) is 5.75 Å². The van der Waals surface area contributed by atoms with Crippen molar-refractivity contribution in [2.45, 2.75) is 32.4 Å². The van der Waals surface area contributed by atoms with Gasteiger partial charge in [-0.3, -0.25) is 9.48 Å². The van der Waals surface area contributed by atoms with Gasteiger partial charge in [-0.05, 0) is 44.5 Å². The van der Waals surface area contributed by atoms with Crippen LogP contribution in [0.3, 0.4) is 0 Å². The maximum atomic E-state index is 12.4. The molecular formula is C18H23ClN4O2. The molecule has 134 valence electrons. The van der Waals surface area contributed by atoms with Gasteiger partial charge in [0.15, 0.2) is 0 Å². The molecule has 1 aliphatic rings. The number of hydrogen-bond acceptors (Lipinski definition) is 4. The average Bonchev–Trinajstić information content (AvgIpc) is 3.12. The van der Waals surface area contributed by atoms with E-state index < -0.39 is 0 Å². The Bertz CT molecular complexity index is 726. The Morgan fingerprint density at radius 2 is 2.36 bits per heavy atom.